The van der Waals surface area contributed by atoms with Gasteiger partial charge in [-0.15, -0.1) is 5.10 Å². The highest BCUT2D eigenvalue weighted by Gasteiger charge is 2.28. The Morgan fingerprint density at radius 2 is 2.12 bits per heavy atom. The van der Waals surface area contributed by atoms with Crippen LogP contribution < -0.4 is 5.32 Å². The maximum absolute atomic E-state index is 4.48. The lowest BCUT2D eigenvalue weighted by Gasteiger charge is -2.30. The summed E-state index contributed by atoms with van der Waals surface area (Å²) in [5, 5.41) is 12.0. The lowest BCUT2D eigenvalue weighted by atomic mass is 9.76. The van der Waals surface area contributed by atoms with Crippen LogP contribution in [0.4, 0.5) is 5.82 Å². The Morgan fingerprint density at radius 1 is 1.35 bits per heavy atom. The number of hydrogen-bond donors (Lipinski definition) is 1. The van der Waals surface area contributed by atoms with Gasteiger partial charge < -0.3 is 5.32 Å². The molecule has 1 aromatic rings. The molecule has 1 N–H and O–H groups in total. The van der Waals surface area contributed by atoms with Crippen molar-refractivity contribution in [2.45, 2.75) is 52.4 Å². The van der Waals surface area contributed by atoms with Crippen LogP contribution in [-0.4, -0.2) is 16.7 Å². The molecule has 0 bridgehead atoms. The predicted octanol–water partition coefficient (Wildman–Crippen LogP) is 3.55. The zero-order valence-electron chi connectivity index (χ0n) is 11.3. The Bertz CT molecular complexity index is 387. The van der Waals surface area contributed by atoms with Crippen molar-refractivity contribution < 1.29 is 0 Å². The number of nitrogens with zero attached hydrogens (tertiary/aromatic N) is 2. The highest BCUT2D eigenvalue weighted by molar-refractivity contribution is 5.41. The van der Waals surface area contributed by atoms with E-state index in [0.29, 0.717) is 17.8 Å². The van der Waals surface area contributed by atoms with Gasteiger partial charge in [0.1, 0.15) is 5.82 Å². The Hall–Kier alpha value is -1.12. The van der Waals surface area contributed by atoms with Crippen molar-refractivity contribution in [3.63, 3.8) is 0 Å². The smallest absolute Gasteiger partial charge is 0.148 e. The number of fused-ring (bicyclic) bond motifs is 1. The summed E-state index contributed by atoms with van der Waals surface area (Å²) in [5.74, 6) is 2.78. The van der Waals surface area contributed by atoms with Crippen molar-refractivity contribution in [2.24, 2.45) is 5.92 Å². The summed E-state index contributed by atoms with van der Waals surface area (Å²) in [6.45, 7) is 9.85. The standard InChI is InChI=1S/C14H23N3/c1-5-15-13-8-12-10(4)6-7-11(9(2)3)14(12)17-16-13/h8-11H,5-7H2,1-4H3,(H,15,16). The van der Waals surface area contributed by atoms with Gasteiger partial charge in [-0.2, -0.15) is 5.10 Å². The van der Waals surface area contributed by atoms with E-state index in [9.17, 15) is 0 Å². The highest BCUT2D eigenvalue weighted by atomic mass is 15.2. The van der Waals surface area contributed by atoms with Crippen molar-refractivity contribution in [3.05, 3.63) is 17.3 Å². The lowest BCUT2D eigenvalue weighted by Crippen LogP contribution is -2.20. The van der Waals surface area contributed by atoms with E-state index in [0.717, 1.165) is 12.4 Å². The van der Waals surface area contributed by atoms with E-state index in [1.54, 1.807) is 0 Å². The van der Waals surface area contributed by atoms with Gasteiger partial charge in [-0.05, 0) is 43.2 Å². The molecule has 3 heteroatoms. The second-order valence-electron chi connectivity index (χ2n) is 5.43. The molecule has 2 atom stereocenters. The summed E-state index contributed by atoms with van der Waals surface area (Å²) in [6.07, 6.45) is 2.52. The van der Waals surface area contributed by atoms with Crippen molar-refractivity contribution in [1.29, 1.82) is 0 Å². The molecule has 0 aliphatic heterocycles. The molecule has 94 valence electrons. The SMILES string of the molecule is CCNc1cc2c(nn1)C(C(C)C)CCC2C. The normalized spacial score (nSPS) is 23.6. The first-order chi connectivity index (χ1) is 8.13. The summed E-state index contributed by atoms with van der Waals surface area (Å²) < 4.78 is 0. The van der Waals surface area contributed by atoms with Crippen LogP contribution in [0.3, 0.4) is 0 Å². The Morgan fingerprint density at radius 3 is 2.76 bits per heavy atom. The molecule has 1 aromatic heterocycles. The first-order valence-corrected chi connectivity index (χ1v) is 6.74. The number of rotatable bonds is 3. The van der Waals surface area contributed by atoms with Gasteiger partial charge in [0.15, 0.2) is 0 Å². The Balaban J connectivity index is 2.37. The fraction of sp³-hybridized carbons (Fsp3) is 0.714. The van der Waals surface area contributed by atoms with Crippen LogP contribution in [0.1, 0.15) is 63.6 Å². The molecule has 0 saturated heterocycles. The Kier molecular flexibility index (Phi) is 3.65. The average molecular weight is 233 g/mol. The van der Waals surface area contributed by atoms with Crippen LogP contribution in [0, 0.1) is 5.92 Å². The third-order valence-corrected chi connectivity index (χ3v) is 3.81. The molecule has 0 aromatic carbocycles. The molecule has 1 heterocycles. The molecule has 0 amide bonds. The molecule has 2 unspecified atom stereocenters. The minimum atomic E-state index is 0.587. The minimum Gasteiger partial charge on any atom is -0.369 e. The lowest BCUT2D eigenvalue weighted by molar-refractivity contribution is 0.397. The van der Waals surface area contributed by atoms with Crippen LogP contribution in [0.5, 0.6) is 0 Å². The van der Waals surface area contributed by atoms with Crippen molar-refractivity contribution >= 4 is 5.82 Å². The number of nitrogens with one attached hydrogen (secondary N) is 1. The zero-order chi connectivity index (χ0) is 12.4. The van der Waals surface area contributed by atoms with E-state index >= 15 is 0 Å². The summed E-state index contributed by atoms with van der Waals surface area (Å²) in [4.78, 5) is 0. The first kappa shape index (κ1) is 12.3. The topological polar surface area (TPSA) is 37.8 Å². The number of hydrogen-bond acceptors (Lipinski definition) is 3. The van der Waals surface area contributed by atoms with Crippen molar-refractivity contribution in [1.82, 2.24) is 10.2 Å². The third kappa shape index (κ3) is 2.43. The second-order valence-corrected chi connectivity index (χ2v) is 5.43. The van der Waals surface area contributed by atoms with Crippen LogP contribution in [-0.2, 0) is 0 Å². The number of anilines is 1. The van der Waals surface area contributed by atoms with E-state index < -0.39 is 0 Å². The van der Waals surface area contributed by atoms with E-state index in [2.05, 4.69) is 49.3 Å². The second kappa shape index (κ2) is 5.03. The van der Waals surface area contributed by atoms with Crippen LogP contribution in [0.25, 0.3) is 0 Å². The largest absolute Gasteiger partial charge is 0.369 e. The van der Waals surface area contributed by atoms with Gasteiger partial charge in [0, 0.05) is 12.5 Å². The molecule has 1 aliphatic rings. The van der Waals surface area contributed by atoms with E-state index in [1.165, 1.54) is 24.1 Å². The molecular weight excluding hydrogens is 210 g/mol. The van der Waals surface area contributed by atoms with Gasteiger partial charge in [-0.25, -0.2) is 0 Å². The van der Waals surface area contributed by atoms with E-state index in [-0.39, 0.29) is 0 Å². The monoisotopic (exact) mass is 233 g/mol. The van der Waals surface area contributed by atoms with E-state index in [1.807, 2.05) is 0 Å². The van der Waals surface area contributed by atoms with Crippen molar-refractivity contribution in [3.8, 4) is 0 Å². The maximum Gasteiger partial charge on any atom is 0.148 e. The summed E-state index contributed by atoms with van der Waals surface area (Å²) in [5.41, 5.74) is 2.64. The molecule has 0 spiro atoms. The van der Waals surface area contributed by atoms with Gasteiger partial charge in [0.05, 0.1) is 5.69 Å². The molecule has 0 saturated carbocycles. The molecule has 0 fully saturated rings. The molecule has 3 nitrogen and oxygen atoms in total. The van der Waals surface area contributed by atoms with Gasteiger partial charge in [0.2, 0.25) is 0 Å². The minimum absolute atomic E-state index is 0.587. The van der Waals surface area contributed by atoms with Crippen LogP contribution >= 0.6 is 0 Å². The third-order valence-electron chi connectivity index (χ3n) is 3.81. The molecule has 0 radical (unpaired) electrons. The number of aromatic nitrogens is 2. The fourth-order valence-corrected chi connectivity index (χ4v) is 2.74. The Labute approximate surface area is 104 Å². The molecule has 2 rings (SSSR count). The van der Waals surface area contributed by atoms with Crippen LogP contribution in [0.2, 0.25) is 0 Å². The zero-order valence-corrected chi connectivity index (χ0v) is 11.3. The quantitative estimate of drug-likeness (QED) is 0.867. The van der Waals surface area contributed by atoms with Gasteiger partial charge >= 0.3 is 0 Å². The first-order valence-electron chi connectivity index (χ1n) is 6.74. The van der Waals surface area contributed by atoms with Gasteiger partial charge in [-0.1, -0.05) is 20.8 Å². The average Bonchev–Trinajstić information content (AvgIpc) is 2.30. The molecular formula is C14H23N3. The molecule has 17 heavy (non-hydrogen) atoms. The van der Waals surface area contributed by atoms with E-state index in [4.69, 9.17) is 0 Å². The van der Waals surface area contributed by atoms with Gasteiger partial charge in [0.25, 0.3) is 0 Å². The highest BCUT2D eigenvalue weighted by Crippen LogP contribution is 2.41. The predicted molar refractivity (Wildman–Crippen MR) is 71.4 cm³/mol. The summed E-state index contributed by atoms with van der Waals surface area (Å²) >= 11 is 0. The maximum atomic E-state index is 4.48. The van der Waals surface area contributed by atoms with Crippen molar-refractivity contribution in [2.75, 3.05) is 11.9 Å². The van der Waals surface area contributed by atoms with Crippen LogP contribution in [0.15, 0.2) is 6.07 Å². The summed E-state index contributed by atoms with van der Waals surface area (Å²) in [7, 11) is 0. The molecule has 1 aliphatic carbocycles. The fourth-order valence-electron chi connectivity index (χ4n) is 2.74. The van der Waals surface area contributed by atoms with Gasteiger partial charge in [-0.3, -0.25) is 0 Å². The summed E-state index contributed by atoms with van der Waals surface area (Å²) in [6, 6.07) is 2.20.